The maximum atomic E-state index is 12.2. The topological polar surface area (TPSA) is 62.7 Å². The van der Waals surface area contributed by atoms with Gasteiger partial charge in [0.1, 0.15) is 5.75 Å². The SMILES string of the molecule is CC(C)(C)CC(C)(C)c1ccc(OCC(=O)N/N=C2\CNc3c(Br)cc(Br)cc32)cc1. The number of benzene rings is 2. The minimum Gasteiger partial charge on any atom is -0.484 e. The molecule has 2 N–H and O–H groups in total. The zero-order valence-corrected chi connectivity index (χ0v) is 21.8. The molecular formula is C24H29Br2N3O2. The van der Waals surface area contributed by atoms with Crippen LogP contribution in [0.3, 0.4) is 0 Å². The van der Waals surface area contributed by atoms with Gasteiger partial charge in [-0.1, -0.05) is 62.7 Å². The molecule has 0 bridgehead atoms. The van der Waals surface area contributed by atoms with Gasteiger partial charge in [0, 0.05) is 14.5 Å². The summed E-state index contributed by atoms with van der Waals surface area (Å²) in [5, 5.41) is 7.55. The molecule has 1 aliphatic heterocycles. The Bertz CT molecular complexity index is 993. The Labute approximate surface area is 201 Å². The molecule has 3 rings (SSSR count). The number of fused-ring (bicyclic) bond motifs is 1. The first kappa shape index (κ1) is 23.8. The first-order valence-corrected chi connectivity index (χ1v) is 11.9. The van der Waals surface area contributed by atoms with Crippen molar-refractivity contribution in [1.82, 2.24) is 5.43 Å². The van der Waals surface area contributed by atoms with E-state index in [0.717, 1.165) is 32.3 Å². The van der Waals surface area contributed by atoms with Crippen molar-refractivity contribution >= 4 is 49.2 Å². The Kier molecular flexibility index (Phi) is 7.16. The molecule has 1 aliphatic rings. The monoisotopic (exact) mass is 549 g/mol. The predicted molar refractivity (Wildman–Crippen MR) is 134 cm³/mol. The minimum absolute atomic E-state index is 0.0693. The number of carbonyl (C=O) groups excluding carboxylic acids is 1. The number of hydrogen-bond donors (Lipinski definition) is 2. The van der Waals surface area contributed by atoms with Crippen molar-refractivity contribution in [3.05, 3.63) is 56.5 Å². The summed E-state index contributed by atoms with van der Waals surface area (Å²) in [6, 6.07) is 11.9. The number of nitrogens with one attached hydrogen (secondary N) is 2. The first-order chi connectivity index (χ1) is 14.4. The summed E-state index contributed by atoms with van der Waals surface area (Å²) < 4.78 is 7.54. The average Bonchev–Trinajstić information content (AvgIpc) is 3.06. The molecule has 1 heterocycles. The van der Waals surface area contributed by atoms with E-state index in [9.17, 15) is 4.79 Å². The maximum Gasteiger partial charge on any atom is 0.277 e. The molecule has 31 heavy (non-hydrogen) atoms. The lowest BCUT2D eigenvalue weighted by Crippen LogP contribution is -2.26. The predicted octanol–water partition coefficient (Wildman–Crippen LogP) is 6.25. The number of halogens is 2. The van der Waals surface area contributed by atoms with Gasteiger partial charge in [0.05, 0.1) is 17.9 Å². The van der Waals surface area contributed by atoms with Gasteiger partial charge in [-0.25, -0.2) is 5.43 Å². The summed E-state index contributed by atoms with van der Waals surface area (Å²) in [7, 11) is 0. The lowest BCUT2D eigenvalue weighted by molar-refractivity contribution is -0.123. The van der Waals surface area contributed by atoms with Crippen LogP contribution in [0, 0.1) is 5.41 Å². The van der Waals surface area contributed by atoms with Gasteiger partial charge < -0.3 is 10.1 Å². The number of anilines is 1. The average molecular weight is 551 g/mol. The smallest absolute Gasteiger partial charge is 0.277 e. The van der Waals surface area contributed by atoms with Crippen LogP contribution in [0.2, 0.25) is 0 Å². The highest BCUT2D eigenvalue weighted by atomic mass is 79.9. The highest BCUT2D eigenvalue weighted by Crippen LogP contribution is 2.37. The fourth-order valence-electron chi connectivity index (χ4n) is 4.09. The highest BCUT2D eigenvalue weighted by molar-refractivity contribution is 9.11. The molecule has 0 radical (unpaired) electrons. The van der Waals surface area contributed by atoms with Crippen LogP contribution in [0.15, 0.2) is 50.4 Å². The molecule has 1 amide bonds. The van der Waals surface area contributed by atoms with Crippen LogP contribution in [0.1, 0.15) is 52.2 Å². The third kappa shape index (κ3) is 6.32. The minimum atomic E-state index is -0.299. The number of ether oxygens (including phenoxy) is 1. The Morgan fingerprint density at radius 3 is 2.45 bits per heavy atom. The third-order valence-electron chi connectivity index (χ3n) is 5.09. The second-order valence-corrected chi connectivity index (χ2v) is 11.5. The number of rotatable bonds is 6. The van der Waals surface area contributed by atoms with Crippen molar-refractivity contribution in [2.75, 3.05) is 18.5 Å². The van der Waals surface area contributed by atoms with Crippen LogP contribution in [0.25, 0.3) is 0 Å². The molecule has 0 spiro atoms. The van der Waals surface area contributed by atoms with Crippen LogP contribution in [0.4, 0.5) is 5.69 Å². The Balaban J connectivity index is 1.56. The first-order valence-electron chi connectivity index (χ1n) is 10.3. The second kappa shape index (κ2) is 9.33. The zero-order chi connectivity index (χ0) is 22.8. The standard InChI is InChI=1S/C24H29Br2N3O2/c1-23(2,3)14-24(4,5)15-6-8-17(9-7-15)31-13-21(30)29-28-20-12-27-22-18(20)10-16(25)11-19(22)26/h6-11,27H,12-14H2,1-5H3,(H,29,30)/b28-20+. The van der Waals surface area contributed by atoms with Gasteiger partial charge in [-0.3, -0.25) is 4.79 Å². The molecule has 0 saturated carbocycles. The molecule has 0 aliphatic carbocycles. The molecule has 0 unspecified atom stereocenters. The van der Waals surface area contributed by atoms with E-state index in [0.29, 0.717) is 12.3 Å². The van der Waals surface area contributed by atoms with Crippen LogP contribution in [-0.2, 0) is 10.2 Å². The second-order valence-electron chi connectivity index (χ2n) is 9.69. The van der Waals surface area contributed by atoms with Crippen LogP contribution >= 0.6 is 31.9 Å². The van der Waals surface area contributed by atoms with Crippen LogP contribution < -0.4 is 15.5 Å². The number of carbonyl (C=O) groups is 1. The van der Waals surface area contributed by atoms with Gasteiger partial charge in [-0.15, -0.1) is 0 Å². The molecule has 7 heteroatoms. The third-order valence-corrected chi connectivity index (χ3v) is 6.18. The van der Waals surface area contributed by atoms with Gasteiger partial charge >= 0.3 is 0 Å². The summed E-state index contributed by atoms with van der Waals surface area (Å²) in [5.74, 6) is 0.367. The fourth-order valence-corrected chi connectivity index (χ4v) is 5.45. The Morgan fingerprint density at radius 1 is 1.13 bits per heavy atom. The van der Waals surface area contributed by atoms with E-state index in [-0.39, 0.29) is 23.3 Å². The Hall–Kier alpha value is -1.86. The molecule has 0 fully saturated rings. The zero-order valence-electron chi connectivity index (χ0n) is 18.6. The molecule has 5 nitrogen and oxygen atoms in total. The number of hydrazone groups is 1. The van der Waals surface area contributed by atoms with Crippen molar-refractivity contribution in [1.29, 1.82) is 0 Å². The van der Waals surface area contributed by atoms with Crippen molar-refractivity contribution < 1.29 is 9.53 Å². The maximum absolute atomic E-state index is 12.2. The van der Waals surface area contributed by atoms with E-state index < -0.39 is 0 Å². The lowest BCUT2D eigenvalue weighted by atomic mass is 9.72. The van der Waals surface area contributed by atoms with E-state index in [4.69, 9.17) is 4.74 Å². The van der Waals surface area contributed by atoms with E-state index in [2.05, 4.69) is 94.5 Å². The lowest BCUT2D eigenvalue weighted by Gasteiger charge is -2.33. The van der Waals surface area contributed by atoms with Gasteiger partial charge in [-0.05, 0) is 63.0 Å². The van der Waals surface area contributed by atoms with Crippen molar-refractivity contribution in [2.24, 2.45) is 10.5 Å². The largest absolute Gasteiger partial charge is 0.484 e. The molecule has 0 atom stereocenters. The molecule has 166 valence electrons. The van der Waals surface area contributed by atoms with Crippen molar-refractivity contribution in [2.45, 2.75) is 46.5 Å². The van der Waals surface area contributed by atoms with E-state index in [1.165, 1.54) is 5.56 Å². The molecule has 2 aromatic rings. The van der Waals surface area contributed by atoms with E-state index >= 15 is 0 Å². The van der Waals surface area contributed by atoms with Crippen molar-refractivity contribution in [3.8, 4) is 5.75 Å². The fraction of sp³-hybridized carbons (Fsp3) is 0.417. The van der Waals surface area contributed by atoms with Crippen LogP contribution in [0.5, 0.6) is 5.75 Å². The number of amides is 1. The summed E-state index contributed by atoms with van der Waals surface area (Å²) in [6.45, 7) is 11.7. The molecule has 0 aromatic heterocycles. The number of hydrogen-bond acceptors (Lipinski definition) is 4. The molecule has 0 saturated heterocycles. The summed E-state index contributed by atoms with van der Waals surface area (Å²) >= 11 is 7.02. The Morgan fingerprint density at radius 2 is 1.81 bits per heavy atom. The van der Waals surface area contributed by atoms with E-state index in [1.807, 2.05) is 24.3 Å². The van der Waals surface area contributed by atoms with Gasteiger partial charge in [0.25, 0.3) is 5.91 Å². The van der Waals surface area contributed by atoms with Gasteiger partial charge in [0.15, 0.2) is 6.61 Å². The quantitative estimate of drug-likeness (QED) is 0.418. The summed E-state index contributed by atoms with van der Waals surface area (Å²) in [6.07, 6.45) is 1.08. The normalized spacial score (nSPS) is 14.9. The summed E-state index contributed by atoms with van der Waals surface area (Å²) in [4.78, 5) is 12.2. The molecular weight excluding hydrogens is 522 g/mol. The van der Waals surface area contributed by atoms with E-state index in [1.54, 1.807) is 0 Å². The highest BCUT2D eigenvalue weighted by Gasteiger charge is 2.27. The molecule has 2 aromatic carbocycles. The number of nitrogens with zero attached hydrogens (tertiary/aromatic N) is 1. The van der Waals surface area contributed by atoms with Crippen LogP contribution in [-0.4, -0.2) is 24.8 Å². The van der Waals surface area contributed by atoms with Gasteiger partial charge in [0.2, 0.25) is 0 Å². The summed E-state index contributed by atoms with van der Waals surface area (Å²) in [5.41, 5.74) is 6.87. The van der Waals surface area contributed by atoms with Crippen molar-refractivity contribution in [3.63, 3.8) is 0 Å². The van der Waals surface area contributed by atoms with Gasteiger partial charge in [-0.2, -0.15) is 5.10 Å².